The maximum absolute atomic E-state index is 10.2. The van der Waals surface area contributed by atoms with Crippen molar-refractivity contribution in [3.05, 3.63) is 28.2 Å². The van der Waals surface area contributed by atoms with Gasteiger partial charge in [0.1, 0.15) is 6.04 Å². The summed E-state index contributed by atoms with van der Waals surface area (Å²) in [4.78, 5) is 11.2. The lowest BCUT2D eigenvalue weighted by molar-refractivity contribution is -0.160. The Bertz CT molecular complexity index is 676. The Hall–Kier alpha value is 0.460. The zero-order valence-corrected chi connectivity index (χ0v) is 20.4. The normalized spacial score (nSPS) is 17.2. The minimum Gasteiger partial charge on any atom is -0.480 e. The summed E-state index contributed by atoms with van der Waals surface area (Å²) in [5, 5.41) is 20.2. The lowest BCUT2D eigenvalue weighted by atomic mass is 10.2. The van der Waals surface area contributed by atoms with E-state index >= 15 is 0 Å². The molecule has 160 valence electrons. The summed E-state index contributed by atoms with van der Waals surface area (Å²) in [6.45, 7) is 5.44. The van der Waals surface area contributed by atoms with Crippen molar-refractivity contribution in [3.63, 3.8) is 0 Å². The first-order chi connectivity index (χ1) is 13.2. The van der Waals surface area contributed by atoms with Crippen molar-refractivity contribution < 1.29 is 24.2 Å². The number of carbonyl (C=O) groups is 1. The predicted octanol–water partition coefficient (Wildman–Crippen LogP) is 6.00. The molecule has 1 aromatic rings. The Morgan fingerprint density at radius 3 is 2.46 bits per heavy atom. The van der Waals surface area contributed by atoms with Crippen molar-refractivity contribution >= 4 is 69.8 Å². The quantitative estimate of drug-likeness (QED) is 0.237. The fraction of sp³-hybridized carbons (Fsp3) is 0.562. The molecule has 0 spiro atoms. The van der Waals surface area contributed by atoms with Gasteiger partial charge in [-0.15, -0.1) is 11.8 Å². The Labute approximate surface area is 189 Å². The van der Waals surface area contributed by atoms with Gasteiger partial charge in [0.05, 0.1) is 23.3 Å². The van der Waals surface area contributed by atoms with Gasteiger partial charge in [-0.25, -0.2) is 0 Å². The molecule has 1 aromatic carbocycles. The lowest BCUT2D eigenvalue weighted by Gasteiger charge is -2.19. The molecule has 1 atom stereocenters. The minimum atomic E-state index is -2.23. The van der Waals surface area contributed by atoms with E-state index < -0.39 is 17.7 Å². The van der Waals surface area contributed by atoms with Gasteiger partial charge < -0.3 is 19.4 Å². The van der Waals surface area contributed by atoms with Crippen LogP contribution < -0.4 is 0 Å². The first kappa shape index (κ1) is 26.5. The van der Waals surface area contributed by atoms with Crippen LogP contribution in [0, 0.1) is 0 Å². The summed E-state index contributed by atoms with van der Waals surface area (Å²) in [6, 6.07) is 4.74. The summed E-state index contributed by atoms with van der Waals surface area (Å²) >= 11 is 20.6. The number of carboxylic acid groups (broad SMARTS) is 1. The molecule has 0 saturated carbocycles. The number of nitrogens with zero attached hydrogens (tertiary/aromatic N) is 1. The van der Waals surface area contributed by atoms with E-state index in [4.69, 9.17) is 54.4 Å². The molecule has 1 heterocycles. The van der Waals surface area contributed by atoms with E-state index in [2.05, 4.69) is 0 Å². The van der Waals surface area contributed by atoms with Crippen LogP contribution in [0.2, 0.25) is 10.0 Å². The van der Waals surface area contributed by atoms with Gasteiger partial charge in [-0.3, -0.25) is 4.79 Å². The molecule has 1 aliphatic heterocycles. The van der Waals surface area contributed by atoms with Crippen molar-refractivity contribution in [2.24, 2.45) is 0 Å². The van der Waals surface area contributed by atoms with Crippen LogP contribution in [0.25, 0.3) is 0 Å². The highest BCUT2D eigenvalue weighted by molar-refractivity contribution is 8.69. The number of hydroxylamine groups is 2. The van der Waals surface area contributed by atoms with E-state index in [0.29, 0.717) is 36.2 Å². The predicted molar refractivity (Wildman–Crippen MR) is 121 cm³/mol. The van der Waals surface area contributed by atoms with Crippen LogP contribution in [0.4, 0.5) is 0 Å². The van der Waals surface area contributed by atoms with Crippen LogP contribution in [-0.4, -0.2) is 52.2 Å². The number of hydrogen-bond donors (Lipinski definition) is 2. The van der Waals surface area contributed by atoms with Crippen LogP contribution in [0.1, 0.15) is 26.7 Å². The van der Waals surface area contributed by atoms with E-state index in [0.717, 1.165) is 21.5 Å². The van der Waals surface area contributed by atoms with Gasteiger partial charge >= 0.3 is 5.97 Å². The van der Waals surface area contributed by atoms with Crippen molar-refractivity contribution in [2.75, 3.05) is 24.8 Å². The fourth-order valence-electron chi connectivity index (χ4n) is 2.17. The van der Waals surface area contributed by atoms with E-state index in [1.807, 2.05) is 19.9 Å². The largest absolute Gasteiger partial charge is 0.480 e. The molecule has 2 N–H and O–H groups in total. The summed E-state index contributed by atoms with van der Waals surface area (Å²) in [5.41, 5.74) is -2.23. The molecule has 6 nitrogen and oxygen atoms in total. The summed E-state index contributed by atoms with van der Waals surface area (Å²) in [6.07, 6.45) is 1.33. The number of carboxylic acids is 1. The summed E-state index contributed by atoms with van der Waals surface area (Å²) < 4.78 is 11.1. The van der Waals surface area contributed by atoms with Crippen LogP contribution in [0.15, 0.2) is 23.1 Å². The third-order valence-electron chi connectivity index (χ3n) is 3.40. The van der Waals surface area contributed by atoms with Gasteiger partial charge in [0.25, 0.3) is 0 Å². The lowest BCUT2D eigenvalue weighted by Crippen LogP contribution is -2.32. The van der Waals surface area contributed by atoms with Gasteiger partial charge in [-0.1, -0.05) is 34.6 Å². The second-order valence-electron chi connectivity index (χ2n) is 5.41. The maximum atomic E-state index is 10.2. The van der Waals surface area contributed by atoms with E-state index in [-0.39, 0.29) is 0 Å². The zero-order valence-electron chi connectivity index (χ0n) is 15.5. The second-order valence-corrected chi connectivity index (χ2v) is 13.9. The molecule has 0 amide bonds. The monoisotopic (exact) mass is 507 g/mol. The standard InChI is InChI=1S/C11H15Cl2O2PS3.C5H9NO3/c1-3-14-16(17,15-4-2)19-8-18-11-7-9(12)5-6-10(11)13;7-5(8)4-2-1-3-6(4)9/h5-7H,3-4,8H2,1-2H3;4,9H,1-3H2,(H,7,8). The zero-order chi connectivity index (χ0) is 21.2. The second kappa shape index (κ2) is 13.7. The molecule has 0 bridgehead atoms. The van der Waals surface area contributed by atoms with E-state index in [9.17, 15) is 4.79 Å². The van der Waals surface area contributed by atoms with Gasteiger partial charge in [0, 0.05) is 16.5 Å². The Kier molecular flexibility index (Phi) is 13.0. The topological polar surface area (TPSA) is 79.2 Å². The maximum Gasteiger partial charge on any atom is 0.323 e. The SMILES string of the molecule is CCOP(=S)(OCC)SCSc1cc(Cl)ccc1Cl.O=C(O)C1CCCN1O. The van der Waals surface area contributed by atoms with Crippen molar-refractivity contribution in [3.8, 4) is 0 Å². The van der Waals surface area contributed by atoms with Crippen molar-refractivity contribution in [2.45, 2.75) is 37.6 Å². The first-order valence-corrected chi connectivity index (χ1v) is 14.5. The van der Waals surface area contributed by atoms with Gasteiger partial charge in [0.2, 0.25) is 5.69 Å². The smallest absolute Gasteiger partial charge is 0.323 e. The Morgan fingerprint density at radius 1 is 1.36 bits per heavy atom. The average Bonchev–Trinajstić information content (AvgIpc) is 3.05. The number of benzene rings is 1. The minimum absolute atomic E-state index is 0.483. The number of aliphatic carboxylic acids is 1. The molecule has 12 heteroatoms. The highest BCUT2D eigenvalue weighted by atomic mass is 35.5. The first-order valence-electron chi connectivity index (χ1n) is 8.52. The number of hydrogen-bond acceptors (Lipinski definition) is 8. The molecule has 0 radical (unpaired) electrons. The number of thioether (sulfide) groups is 1. The van der Waals surface area contributed by atoms with Gasteiger partial charge in [-0.05, 0) is 56.7 Å². The van der Waals surface area contributed by atoms with Crippen LogP contribution in [0.5, 0.6) is 0 Å². The summed E-state index contributed by atoms with van der Waals surface area (Å²) in [7, 11) is 0. The van der Waals surface area contributed by atoms with Crippen molar-refractivity contribution in [1.82, 2.24) is 5.06 Å². The fourth-order valence-corrected chi connectivity index (χ4v) is 9.71. The molecule has 1 fully saturated rings. The van der Waals surface area contributed by atoms with E-state index in [1.165, 1.54) is 11.4 Å². The van der Waals surface area contributed by atoms with Crippen LogP contribution >= 0.6 is 52.0 Å². The van der Waals surface area contributed by atoms with Gasteiger partial charge in [-0.2, -0.15) is 5.06 Å². The number of rotatable bonds is 9. The Balaban J connectivity index is 0.000000362. The highest BCUT2D eigenvalue weighted by Crippen LogP contribution is 2.62. The molecular formula is C16H24Cl2NO5PS3. The summed E-state index contributed by atoms with van der Waals surface area (Å²) in [5.74, 6) is -0.935. The molecule has 28 heavy (non-hydrogen) atoms. The Morgan fingerprint density at radius 2 is 2.00 bits per heavy atom. The molecule has 1 saturated heterocycles. The molecule has 0 aliphatic carbocycles. The van der Waals surface area contributed by atoms with Crippen molar-refractivity contribution in [1.29, 1.82) is 0 Å². The van der Waals surface area contributed by atoms with Crippen LogP contribution in [-0.2, 0) is 25.6 Å². The molecule has 2 rings (SSSR count). The number of halogens is 2. The third-order valence-corrected chi connectivity index (χ3v) is 11.2. The van der Waals surface area contributed by atoms with Crippen LogP contribution in [0.3, 0.4) is 0 Å². The average molecular weight is 508 g/mol. The molecular weight excluding hydrogens is 484 g/mol. The molecule has 1 aliphatic rings. The molecule has 1 unspecified atom stereocenters. The molecule has 0 aromatic heterocycles. The van der Waals surface area contributed by atoms with Gasteiger partial charge in [0.15, 0.2) is 0 Å². The third kappa shape index (κ3) is 9.51. The van der Waals surface area contributed by atoms with E-state index in [1.54, 1.807) is 23.9 Å². The highest BCUT2D eigenvalue weighted by Gasteiger charge is 2.28.